The van der Waals surface area contributed by atoms with E-state index in [0.29, 0.717) is 5.25 Å². The summed E-state index contributed by atoms with van der Waals surface area (Å²) in [5, 5.41) is 5.19. The van der Waals surface area contributed by atoms with Gasteiger partial charge in [0.2, 0.25) is 0 Å². The maximum atomic E-state index is 4.60. The lowest BCUT2D eigenvalue weighted by Gasteiger charge is -2.13. The molecule has 0 saturated heterocycles. The maximum absolute atomic E-state index is 4.60. The zero-order valence-corrected chi connectivity index (χ0v) is 12.5. The van der Waals surface area contributed by atoms with Crippen molar-refractivity contribution in [2.45, 2.75) is 39.4 Å². The van der Waals surface area contributed by atoms with Crippen LogP contribution in [0.15, 0.2) is 23.2 Å². The van der Waals surface area contributed by atoms with Crippen molar-refractivity contribution < 1.29 is 0 Å². The van der Waals surface area contributed by atoms with E-state index in [-0.39, 0.29) is 0 Å². The van der Waals surface area contributed by atoms with Gasteiger partial charge in [0, 0.05) is 10.9 Å². The molecule has 2 nitrogen and oxygen atoms in total. The van der Waals surface area contributed by atoms with Crippen molar-refractivity contribution in [3.63, 3.8) is 0 Å². The van der Waals surface area contributed by atoms with Crippen molar-refractivity contribution in [1.29, 1.82) is 0 Å². The zero-order chi connectivity index (χ0) is 13.1. The van der Waals surface area contributed by atoms with Crippen LogP contribution in [0.4, 0.5) is 5.69 Å². The predicted molar refractivity (Wildman–Crippen MR) is 82.7 cm³/mol. The molecule has 98 valence electrons. The molecule has 0 saturated carbocycles. The molecule has 1 aliphatic rings. The third-order valence-corrected chi connectivity index (χ3v) is 4.43. The minimum atomic E-state index is 0.651. The summed E-state index contributed by atoms with van der Waals surface area (Å²) in [5.74, 6) is 0.748. The second kappa shape index (κ2) is 5.79. The number of benzene rings is 1. The Balaban J connectivity index is 1.97. The van der Waals surface area contributed by atoms with E-state index >= 15 is 0 Å². The third-order valence-electron chi connectivity index (χ3n) is 3.30. The van der Waals surface area contributed by atoms with Crippen LogP contribution in [-0.4, -0.2) is 17.0 Å². The summed E-state index contributed by atoms with van der Waals surface area (Å²) in [6.45, 7) is 9.80. The molecule has 0 bridgehead atoms. The lowest BCUT2D eigenvalue weighted by Crippen LogP contribution is -2.10. The molecule has 1 heterocycles. The molecular formula is C15H22N2S. The highest BCUT2D eigenvalue weighted by Gasteiger charge is 2.20. The molecule has 0 spiro atoms. The number of rotatable bonds is 3. The van der Waals surface area contributed by atoms with Gasteiger partial charge in [-0.3, -0.25) is 4.99 Å². The van der Waals surface area contributed by atoms with Crippen LogP contribution >= 0.6 is 11.8 Å². The average molecular weight is 262 g/mol. The van der Waals surface area contributed by atoms with E-state index in [1.807, 2.05) is 11.8 Å². The molecule has 18 heavy (non-hydrogen) atoms. The van der Waals surface area contributed by atoms with Gasteiger partial charge < -0.3 is 5.32 Å². The first-order chi connectivity index (χ1) is 8.56. The highest BCUT2D eigenvalue weighted by atomic mass is 32.2. The van der Waals surface area contributed by atoms with Crippen LogP contribution in [0.5, 0.6) is 0 Å². The highest BCUT2D eigenvalue weighted by Crippen LogP contribution is 2.28. The van der Waals surface area contributed by atoms with Crippen LogP contribution in [-0.2, 0) is 0 Å². The normalized spacial score (nSPS) is 19.2. The number of anilines is 1. The summed E-state index contributed by atoms with van der Waals surface area (Å²) in [6, 6.07) is 6.36. The first kappa shape index (κ1) is 13.5. The fourth-order valence-electron chi connectivity index (χ4n) is 2.14. The Kier molecular flexibility index (Phi) is 4.33. The molecule has 1 aromatic carbocycles. The van der Waals surface area contributed by atoms with Crippen molar-refractivity contribution >= 4 is 22.6 Å². The number of nitrogens with zero attached hydrogens (tertiary/aromatic N) is 1. The van der Waals surface area contributed by atoms with Gasteiger partial charge in [-0.05, 0) is 43.4 Å². The fraction of sp³-hybridized carbons (Fsp3) is 0.533. The van der Waals surface area contributed by atoms with Crippen LogP contribution in [0.3, 0.4) is 0 Å². The van der Waals surface area contributed by atoms with Crippen molar-refractivity contribution in [2.75, 3.05) is 11.9 Å². The van der Waals surface area contributed by atoms with Crippen molar-refractivity contribution in [3.8, 4) is 0 Å². The van der Waals surface area contributed by atoms with Gasteiger partial charge in [0.1, 0.15) is 0 Å². The van der Waals surface area contributed by atoms with E-state index in [1.54, 1.807) is 0 Å². The smallest absolute Gasteiger partial charge is 0.161 e. The molecule has 0 amide bonds. The molecule has 0 radical (unpaired) electrons. The topological polar surface area (TPSA) is 24.4 Å². The zero-order valence-electron chi connectivity index (χ0n) is 11.7. The first-order valence-corrected chi connectivity index (χ1v) is 7.48. The van der Waals surface area contributed by atoms with Crippen LogP contribution in [0.25, 0.3) is 0 Å². The third kappa shape index (κ3) is 3.29. The number of thioether (sulfide) groups is 1. The molecule has 0 aromatic heterocycles. The van der Waals surface area contributed by atoms with E-state index in [9.17, 15) is 0 Å². The molecule has 0 fully saturated rings. The van der Waals surface area contributed by atoms with Gasteiger partial charge in [-0.25, -0.2) is 0 Å². The molecule has 3 heteroatoms. The lowest BCUT2D eigenvalue weighted by molar-refractivity contribution is 0.575. The SMILES string of the molecule is Cc1cccc(NC2=NCC(CC(C)C)S2)c1C. The molecule has 2 rings (SSSR count). The van der Waals surface area contributed by atoms with Gasteiger partial charge in [-0.15, -0.1) is 0 Å². The van der Waals surface area contributed by atoms with Crippen molar-refractivity contribution in [1.82, 2.24) is 0 Å². The summed E-state index contributed by atoms with van der Waals surface area (Å²) in [6.07, 6.45) is 1.24. The number of hydrogen-bond acceptors (Lipinski definition) is 3. The molecule has 1 aliphatic heterocycles. The van der Waals surface area contributed by atoms with Gasteiger partial charge in [-0.2, -0.15) is 0 Å². The predicted octanol–water partition coefficient (Wildman–Crippen LogP) is 4.23. The van der Waals surface area contributed by atoms with Crippen molar-refractivity contribution in [3.05, 3.63) is 29.3 Å². The molecule has 1 N–H and O–H groups in total. The second-order valence-corrected chi connectivity index (χ2v) is 6.68. The quantitative estimate of drug-likeness (QED) is 0.881. The van der Waals surface area contributed by atoms with Crippen LogP contribution in [0.2, 0.25) is 0 Å². The Labute approximate surface area is 114 Å². The summed E-state index contributed by atoms with van der Waals surface area (Å²) >= 11 is 1.89. The largest absolute Gasteiger partial charge is 0.335 e. The summed E-state index contributed by atoms with van der Waals surface area (Å²) < 4.78 is 0. The van der Waals surface area contributed by atoms with Crippen LogP contribution in [0.1, 0.15) is 31.4 Å². The average Bonchev–Trinajstić information content (AvgIpc) is 2.71. The number of hydrogen-bond donors (Lipinski definition) is 1. The molecule has 1 aromatic rings. The Hall–Kier alpha value is -0.960. The first-order valence-electron chi connectivity index (χ1n) is 6.60. The van der Waals surface area contributed by atoms with E-state index in [1.165, 1.54) is 23.2 Å². The van der Waals surface area contributed by atoms with Gasteiger partial charge in [0.05, 0.1) is 6.54 Å². The number of aryl methyl sites for hydroxylation is 1. The molecule has 0 aliphatic carbocycles. The van der Waals surface area contributed by atoms with E-state index < -0.39 is 0 Å². The molecule has 1 unspecified atom stereocenters. The Morgan fingerprint density at radius 3 is 2.89 bits per heavy atom. The lowest BCUT2D eigenvalue weighted by atomic mass is 10.1. The minimum absolute atomic E-state index is 0.651. The van der Waals surface area contributed by atoms with E-state index in [2.05, 4.69) is 56.2 Å². The number of amidine groups is 1. The second-order valence-electron chi connectivity index (χ2n) is 5.39. The Morgan fingerprint density at radius 1 is 1.39 bits per heavy atom. The monoisotopic (exact) mass is 262 g/mol. The van der Waals surface area contributed by atoms with Gasteiger partial charge in [0.25, 0.3) is 0 Å². The maximum Gasteiger partial charge on any atom is 0.161 e. The summed E-state index contributed by atoms with van der Waals surface area (Å²) in [4.78, 5) is 4.60. The van der Waals surface area contributed by atoms with E-state index in [0.717, 1.165) is 17.6 Å². The fourth-order valence-corrected chi connectivity index (χ4v) is 3.40. The van der Waals surface area contributed by atoms with Crippen LogP contribution in [0, 0.1) is 19.8 Å². The van der Waals surface area contributed by atoms with Crippen LogP contribution < -0.4 is 5.32 Å². The summed E-state index contributed by atoms with van der Waals surface area (Å²) in [7, 11) is 0. The van der Waals surface area contributed by atoms with Gasteiger partial charge >= 0.3 is 0 Å². The molecule has 1 atom stereocenters. The number of nitrogens with one attached hydrogen (secondary N) is 1. The van der Waals surface area contributed by atoms with Gasteiger partial charge in [0.15, 0.2) is 5.17 Å². The highest BCUT2D eigenvalue weighted by molar-refractivity contribution is 8.15. The number of aliphatic imine (C=N–C) groups is 1. The Bertz CT molecular complexity index is 452. The van der Waals surface area contributed by atoms with E-state index in [4.69, 9.17) is 0 Å². The Morgan fingerprint density at radius 2 is 2.17 bits per heavy atom. The van der Waals surface area contributed by atoms with Gasteiger partial charge in [-0.1, -0.05) is 37.7 Å². The standard InChI is InChI=1S/C15H22N2S/c1-10(2)8-13-9-16-15(18-13)17-14-7-5-6-11(3)12(14)4/h5-7,10,13H,8-9H2,1-4H3,(H,16,17). The van der Waals surface area contributed by atoms with Crippen molar-refractivity contribution in [2.24, 2.45) is 10.9 Å². The molecular weight excluding hydrogens is 240 g/mol. The minimum Gasteiger partial charge on any atom is -0.335 e. The summed E-state index contributed by atoms with van der Waals surface area (Å²) in [5.41, 5.74) is 3.82.